The first-order valence-electron chi connectivity index (χ1n) is 5.05. The van der Waals surface area contributed by atoms with Crippen molar-refractivity contribution in [1.82, 2.24) is 0 Å². The van der Waals surface area contributed by atoms with Gasteiger partial charge in [0.15, 0.2) is 0 Å². The lowest BCUT2D eigenvalue weighted by molar-refractivity contribution is -0.128. The zero-order valence-electron chi connectivity index (χ0n) is 8.69. The summed E-state index contributed by atoms with van der Waals surface area (Å²) in [5, 5.41) is 0. The minimum atomic E-state index is -0.0879. The van der Waals surface area contributed by atoms with Crippen molar-refractivity contribution < 1.29 is 9.59 Å². The predicted molar refractivity (Wildman–Crippen MR) is 57.8 cm³/mol. The summed E-state index contributed by atoms with van der Waals surface area (Å²) in [5.74, 6) is -0.0431. The molecule has 1 aromatic rings. The van der Waals surface area contributed by atoms with Crippen molar-refractivity contribution in [2.75, 3.05) is 11.4 Å². The topological polar surface area (TPSA) is 37.4 Å². The van der Waals surface area contributed by atoms with E-state index in [9.17, 15) is 9.59 Å². The number of carbonyl (C=O) groups is 2. The minimum Gasteiger partial charge on any atom is -0.312 e. The van der Waals surface area contributed by atoms with Crippen LogP contribution in [0.4, 0.5) is 5.69 Å². The van der Waals surface area contributed by atoms with Gasteiger partial charge in [0.05, 0.1) is 6.42 Å². The first-order valence-corrected chi connectivity index (χ1v) is 5.05. The number of nitrogens with zero attached hydrogens (tertiary/aromatic N) is 1. The van der Waals surface area contributed by atoms with Gasteiger partial charge in [-0.2, -0.15) is 0 Å². The average molecular weight is 203 g/mol. The van der Waals surface area contributed by atoms with E-state index in [0.29, 0.717) is 13.0 Å². The molecule has 0 bridgehead atoms. The fourth-order valence-corrected chi connectivity index (χ4v) is 1.71. The molecule has 0 radical (unpaired) electrons. The maximum Gasteiger partial charge on any atom is 0.234 e. The molecule has 1 amide bonds. The standard InChI is InChI=1S/C12H13NO2/c1-9-2-4-10(5-3-9)13-7-6-11(14)8-12(13)15/h2-5H,6-8H2,1H3. The van der Waals surface area contributed by atoms with Gasteiger partial charge in [-0.25, -0.2) is 0 Å². The molecular weight excluding hydrogens is 190 g/mol. The number of Topliss-reactive ketones (excluding diaryl/α,β-unsaturated/α-hetero) is 1. The van der Waals surface area contributed by atoms with Gasteiger partial charge in [-0.1, -0.05) is 17.7 Å². The Morgan fingerprint density at radius 3 is 2.40 bits per heavy atom. The maximum absolute atomic E-state index is 11.6. The highest BCUT2D eigenvalue weighted by atomic mass is 16.2. The molecule has 15 heavy (non-hydrogen) atoms. The number of benzene rings is 1. The first kappa shape index (κ1) is 9.90. The van der Waals surface area contributed by atoms with Gasteiger partial charge in [-0.05, 0) is 19.1 Å². The molecule has 1 aliphatic rings. The van der Waals surface area contributed by atoms with Gasteiger partial charge in [0.1, 0.15) is 5.78 Å². The molecule has 1 fully saturated rings. The van der Waals surface area contributed by atoms with Crippen LogP contribution < -0.4 is 4.90 Å². The van der Waals surface area contributed by atoms with E-state index >= 15 is 0 Å². The molecule has 0 N–H and O–H groups in total. The Kier molecular flexibility index (Phi) is 2.54. The van der Waals surface area contributed by atoms with Crippen LogP contribution in [0.2, 0.25) is 0 Å². The van der Waals surface area contributed by atoms with Crippen LogP contribution in [0.3, 0.4) is 0 Å². The number of aryl methyl sites for hydroxylation is 1. The Morgan fingerprint density at radius 2 is 1.80 bits per heavy atom. The van der Waals surface area contributed by atoms with Crippen molar-refractivity contribution in [1.29, 1.82) is 0 Å². The number of amides is 1. The quantitative estimate of drug-likeness (QED) is 0.651. The third-order valence-electron chi connectivity index (χ3n) is 2.61. The molecule has 2 rings (SSSR count). The first-order chi connectivity index (χ1) is 7.16. The van der Waals surface area contributed by atoms with Gasteiger partial charge in [0.25, 0.3) is 0 Å². The minimum absolute atomic E-state index is 0.0448. The normalized spacial score (nSPS) is 17.0. The van der Waals surface area contributed by atoms with Crippen LogP contribution in [0.1, 0.15) is 18.4 Å². The van der Waals surface area contributed by atoms with E-state index in [2.05, 4.69) is 0 Å². The molecule has 1 heterocycles. The van der Waals surface area contributed by atoms with Crippen molar-refractivity contribution in [3.63, 3.8) is 0 Å². The number of carbonyl (C=O) groups excluding carboxylic acids is 2. The van der Waals surface area contributed by atoms with Crippen LogP contribution in [0.5, 0.6) is 0 Å². The Labute approximate surface area is 88.7 Å². The Morgan fingerprint density at radius 1 is 1.13 bits per heavy atom. The Bertz CT molecular complexity index is 395. The van der Waals surface area contributed by atoms with Gasteiger partial charge >= 0.3 is 0 Å². The molecule has 0 unspecified atom stereocenters. The second-order valence-corrected chi connectivity index (χ2v) is 3.85. The van der Waals surface area contributed by atoms with Gasteiger partial charge in [-0.15, -0.1) is 0 Å². The third kappa shape index (κ3) is 2.06. The second kappa shape index (κ2) is 3.85. The summed E-state index contributed by atoms with van der Waals surface area (Å²) in [7, 11) is 0. The smallest absolute Gasteiger partial charge is 0.234 e. The highest BCUT2D eigenvalue weighted by Gasteiger charge is 2.24. The number of rotatable bonds is 1. The number of hydrogen-bond donors (Lipinski definition) is 0. The second-order valence-electron chi connectivity index (χ2n) is 3.85. The van der Waals surface area contributed by atoms with Gasteiger partial charge in [-0.3, -0.25) is 9.59 Å². The van der Waals surface area contributed by atoms with Gasteiger partial charge in [0, 0.05) is 18.7 Å². The summed E-state index contributed by atoms with van der Waals surface area (Å²) in [6.07, 6.45) is 0.521. The van der Waals surface area contributed by atoms with E-state index in [1.54, 1.807) is 4.90 Å². The molecule has 1 saturated heterocycles. The highest BCUT2D eigenvalue weighted by molar-refractivity contribution is 6.08. The fraction of sp³-hybridized carbons (Fsp3) is 0.333. The molecule has 1 aromatic carbocycles. The lowest BCUT2D eigenvalue weighted by atomic mass is 10.1. The van der Waals surface area contributed by atoms with E-state index in [1.807, 2.05) is 31.2 Å². The third-order valence-corrected chi connectivity index (χ3v) is 2.61. The summed E-state index contributed by atoms with van der Waals surface area (Å²) < 4.78 is 0. The van der Waals surface area contributed by atoms with E-state index in [1.165, 1.54) is 5.56 Å². The molecule has 0 spiro atoms. The highest BCUT2D eigenvalue weighted by Crippen LogP contribution is 2.19. The zero-order valence-corrected chi connectivity index (χ0v) is 8.69. The summed E-state index contributed by atoms with van der Waals surface area (Å²) in [6.45, 7) is 2.52. The molecular formula is C12H13NO2. The average Bonchev–Trinajstić information content (AvgIpc) is 2.20. The number of piperidine rings is 1. The number of hydrogen-bond acceptors (Lipinski definition) is 2. The van der Waals surface area contributed by atoms with Crippen LogP contribution in [0.25, 0.3) is 0 Å². The van der Waals surface area contributed by atoms with Crippen molar-refractivity contribution in [3.8, 4) is 0 Å². The lowest BCUT2D eigenvalue weighted by Crippen LogP contribution is -2.38. The molecule has 1 aliphatic heterocycles. The van der Waals surface area contributed by atoms with Crippen LogP contribution in [-0.4, -0.2) is 18.2 Å². The number of ketones is 1. The van der Waals surface area contributed by atoms with Crippen LogP contribution in [0, 0.1) is 6.92 Å². The molecule has 3 nitrogen and oxygen atoms in total. The van der Waals surface area contributed by atoms with Crippen LogP contribution in [0.15, 0.2) is 24.3 Å². The Hall–Kier alpha value is -1.64. The molecule has 78 valence electrons. The predicted octanol–water partition coefficient (Wildman–Crippen LogP) is 1.69. The largest absolute Gasteiger partial charge is 0.312 e. The summed E-state index contributed by atoms with van der Waals surface area (Å²) >= 11 is 0. The molecule has 0 atom stereocenters. The summed E-state index contributed by atoms with van der Waals surface area (Å²) in [5.41, 5.74) is 2.05. The van der Waals surface area contributed by atoms with Crippen molar-refractivity contribution in [2.24, 2.45) is 0 Å². The van der Waals surface area contributed by atoms with Crippen molar-refractivity contribution in [2.45, 2.75) is 19.8 Å². The fourth-order valence-electron chi connectivity index (χ4n) is 1.71. The van der Waals surface area contributed by atoms with E-state index in [0.717, 1.165) is 5.69 Å². The molecule has 0 aromatic heterocycles. The zero-order chi connectivity index (χ0) is 10.8. The van der Waals surface area contributed by atoms with Crippen molar-refractivity contribution in [3.05, 3.63) is 29.8 Å². The van der Waals surface area contributed by atoms with Gasteiger partial charge < -0.3 is 4.90 Å². The van der Waals surface area contributed by atoms with E-state index < -0.39 is 0 Å². The van der Waals surface area contributed by atoms with Crippen molar-refractivity contribution >= 4 is 17.4 Å². The summed E-state index contributed by atoms with van der Waals surface area (Å²) in [6, 6.07) is 7.78. The monoisotopic (exact) mass is 203 g/mol. The summed E-state index contributed by atoms with van der Waals surface area (Å²) in [4.78, 5) is 24.3. The Balaban J connectivity index is 2.20. The lowest BCUT2D eigenvalue weighted by Gasteiger charge is -2.26. The number of anilines is 1. The van der Waals surface area contributed by atoms with Crippen LogP contribution in [-0.2, 0) is 9.59 Å². The van der Waals surface area contributed by atoms with E-state index in [4.69, 9.17) is 0 Å². The SMILES string of the molecule is Cc1ccc(N2CCC(=O)CC2=O)cc1. The van der Waals surface area contributed by atoms with Gasteiger partial charge in [0.2, 0.25) is 5.91 Å². The van der Waals surface area contributed by atoms with E-state index in [-0.39, 0.29) is 18.1 Å². The molecule has 0 aliphatic carbocycles. The van der Waals surface area contributed by atoms with Crippen LogP contribution >= 0.6 is 0 Å². The molecule has 3 heteroatoms. The maximum atomic E-state index is 11.6. The molecule has 0 saturated carbocycles.